The summed E-state index contributed by atoms with van der Waals surface area (Å²) in [6, 6.07) is 3.28. The Bertz CT molecular complexity index is 738. The second kappa shape index (κ2) is 10.0. The van der Waals surface area contributed by atoms with Crippen molar-refractivity contribution in [3.05, 3.63) is 40.2 Å². The van der Waals surface area contributed by atoms with Gasteiger partial charge >= 0.3 is 0 Å². The highest BCUT2D eigenvalue weighted by Crippen LogP contribution is 2.20. The number of anilines is 1. The van der Waals surface area contributed by atoms with Gasteiger partial charge in [-0.05, 0) is 25.5 Å². The first-order chi connectivity index (χ1) is 12.2. The highest BCUT2D eigenvalue weighted by molar-refractivity contribution is 14.0. The van der Waals surface area contributed by atoms with Crippen LogP contribution in [0.25, 0.3) is 0 Å². The molecule has 2 N–H and O–H groups in total. The first kappa shape index (κ1) is 20.8. The SMILES string of the molecule is CN=C(NCCc1ncc(C)s1)NC1CCN(c2ncccc2F)C1.I. The molecule has 1 aliphatic rings. The summed E-state index contributed by atoms with van der Waals surface area (Å²) in [5.41, 5.74) is 0. The van der Waals surface area contributed by atoms with Crippen molar-refractivity contribution in [1.82, 2.24) is 20.6 Å². The predicted octanol–water partition coefficient (Wildman–Crippen LogP) is 2.59. The predicted molar refractivity (Wildman–Crippen MR) is 115 cm³/mol. The molecule has 142 valence electrons. The van der Waals surface area contributed by atoms with E-state index in [0.29, 0.717) is 12.4 Å². The zero-order chi connectivity index (χ0) is 17.6. The van der Waals surface area contributed by atoms with Crippen molar-refractivity contribution >= 4 is 47.1 Å². The Morgan fingerprint density at radius 2 is 2.31 bits per heavy atom. The molecular formula is C17H24FIN6S. The summed E-state index contributed by atoms with van der Waals surface area (Å²) in [6.07, 6.45) is 5.31. The zero-order valence-electron chi connectivity index (χ0n) is 14.9. The Morgan fingerprint density at radius 3 is 3.00 bits per heavy atom. The van der Waals surface area contributed by atoms with Crippen LogP contribution in [0.1, 0.15) is 16.3 Å². The van der Waals surface area contributed by atoms with Gasteiger partial charge in [-0.15, -0.1) is 35.3 Å². The molecule has 0 spiro atoms. The van der Waals surface area contributed by atoms with Crippen molar-refractivity contribution in [3.8, 4) is 0 Å². The number of guanidine groups is 1. The van der Waals surface area contributed by atoms with Crippen molar-refractivity contribution < 1.29 is 4.39 Å². The summed E-state index contributed by atoms with van der Waals surface area (Å²) in [7, 11) is 1.76. The van der Waals surface area contributed by atoms with Crippen LogP contribution in [0.2, 0.25) is 0 Å². The number of aryl methyl sites for hydroxylation is 1. The second-order valence-corrected chi connectivity index (χ2v) is 7.32. The maximum Gasteiger partial charge on any atom is 0.191 e. The van der Waals surface area contributed by atoms with E-state index in [9.17, 15) is 4.39 Å². The van der Waals surface area contributed by atoms with E-state index in [1.165, 1.54) is 10.9 Å². The molecule has 1 fully saturated rings. The first-order valence-electron chi connectivity index (χ1n) is 8.39. The third-order valence-corrected chi connectivity index (χ3v) is 5.06. The number of hydrogen-bond donors (Lipinski definition) is 2. The average Bonchev–Trinajstić information content (AvgIpc) is 3.23. The molecule has 0 aromatic carbocycles. The van der Waals surface area contributed by atoms with Crippen LogP contribution in [0.15, 0.2) is 29.5 Å². The quantitative estimate of drug-likeness (QED) is 0.384. The van der Waals surface area contributed by atoms with E-state index >= 15 is 0 Å². The third-order valence-electron chi connectivity index (χ3n) is 4.09. The lowest BCUT2D eigenvalue weighted by molar-refractivity contribution is 0.612. The Labute approximate surface area is 174 Å². The van der Waals surface area contributed by atoms with Gasteiger partial charge in [0.15, 0.2) is 17.6 Å². The summed E-state index contributed by atoms with van der Waals surface area (Å²) in [5.74, 6) is 0.917. The van der Waals surface area contributed by atoms with E-state index in [2.05, 4.69) is 32.5 Å². The molecule has 0 saturated carbocycles. The van der Waals surface area contributed by atoms with E-state index in [4.69, 9.17) is 0 Å². The van der Waals surface area contributed by atoms with Gasteiger partial charge in [0, 0.05) is 56.4 Å². The molecule has 2 aromatic heterocycles. The molecule has 2 aromatic rings. The lowest BCUT2D eigenvalue weighted by atomic mass is 10.3. The maximum atomic E-state index is 13.9. The summed E-state index contributed by atoms with van der Waals surface area (Å²) in [4.78, 5) is 16.0. The van der Waals surface area contributed by atoms with E-state index in [0.717, 1.165) is 36.9 Å². The standard InChI is InChI=1S/C17H23FN6S.HI/c1-12-10-22-15(25-12)5-8-21-17(19-2)23-13-6-9-24(11-13)16-14(18)4-3-7-20-16;/h3-4,7,10,13H,5-6,8-9,11H2,1-2H3,(H2,19,21,23);1H. The van der Waals surface area contributed by atoms with E-state index in [-0.39, 0.29) is 35.8 Å². The van der Waals surface area contributed by atoms with Crippen molar-refractivity contribution in [3.63, 3.8) is 0 Å². The van der Waals surface area contributed by atoms with Gasteiger partial charge in [-0.3, -0.25) is 4.99 Å². The lowest BCUT2D eigenvalue weighted by Crippen LogP contribution is -2.45. The Kier molecular flexibility index (Phi) is 8.01. The molecule has 3 heterocycles. The largest absolute Gasteiger partial charge is 0.356 e. The number of nitrogens with zero attached hydrogens (tertiary/aromatic N) is 4. The average molecular weight is 490 g/mol. The molecule has 0 bridgehead atoms. The fourth-order valence-corrected chi connectivity index (χ4v) is 3.66. The van der Waals surface area contributed by atoms with Crippen LogP contribution in [-0.2, 0) is 6.42 Å². The van der Waals surface area contributed by atoms with Gasteiger partial charge in [-0.25, -0.2) is 14.4 Å². The van der Waals surface area contributed by atoms with Crippen molar-refractivity contribution in [1.29, 1.82) is 0 Å². The van der Waals surface area contributed by atoms with Gasteiger partial charge in [-0.1, -0.05) is 0 Å². The van der Waals surface area contributed by atoms with Crippen molar-refractivity contribution in [2.45, 2.75) is 25.8 Å². The summed E-state index contributed by atoms with van der Waals surface area (Å²) in [6.45, 7) is 4.32. The maximum absolute atomic E-state index is 13.9. The van der Waals surface area contributed by atoms with Crippen LogP contribution in [0.3, 0.4) is 0 Å². The number of thiazole rings is 1. The minimum Gasteiger partial charge on any atom is -0.356 e. The molecule has 26 heavy (non-hydrogen) atoms. The van der Waals surface area contributed by atoms with Gasteiger partial charge in [0.2, 0.25) is 0 Å². The van der Waals surface area contributed by atoms with Crippen LogP contribution in [0.4, 0.5) is 10.2 Å². The first-order valence-corrected chi connectivity index (χ1v) is 9.21. The number of rotatable bonds is 5. The Balaban J connectivity index is 0.00000243. The number of pyridine rings is 1. The van der Waals surface area contributed by atoms with E-state index in [1.54, 1.807) is 30.6 Å². The Hall–Kier alpha value is -1.49. The zero-order valence-corrected chi connectivity index (χ0v) is 18.1. The van der Waals surface area contributed by atoms with Crippen LogP contribution in [0, 0.1) is 12.7 Å². The number of halogens is 2. The minimum atomic E-state index is -0.274. The van der Waals surface area contributed by atoms with Crippen LogP contribution in [0.5, 0.6) is 0 Å². The third kappa shape index (κ3) is 5.50. The normalized spacial score (nSPS) is 17.1. The minimum absolute atomic E-state index is 0. The molecule has 0 amide bonds. The number of hydrogen-bond acceptors (Lipinski definition) is 5. The molecule has 3 rings (SSSR count). The molecule has 0 radical (unpaired) electrons. The monoisotopic (exact) mass is 490 g/mol. The van der Waals surface area contributed by atoms with Crippen LogP contribution in [-0.4, -0.2) is 48.7 Å². The van der Waals surface area contributed by atoms with Gasteiger partial charge in [0.25, 0.3) is 0 Å². The number of aliphatic imine (C=N–C) groups is 1. The molecule has 1 unspecified atom stereocenters. The van der Waals surface area contributed by atoms with E-state index < -0.39 is 0 Å². The van der Waals surface area contributed by atoms with Gasteiger partial charge in [-0.2, -0.15) is 0 Å². The second-order valence-electron chi connectivity index (χ2n) is 6.00. The molecule has 1 saturated heterocycles. The molecular weight excluding hydrogens is 466 g/mol. The van der Waals surface area contributed by atoms with E-state index in [1.807, 2.05) is 11.1 Å². The molecule has 9 heteroatoms. The summed E-state index contributed by atoms with van der Waals surface area (Å²) in [5, 5.41) is 7.85. The lowest BCUT2D eigenvalue weighted by Gasteiger charge is -2.19. The highest BCUT2D eigenvalue weighted by atomic mass is 127. The summed E-state index contributed by atoms with van der Waals surface area (Å²) >= 11 is 1.72. The smallest absolute Gasteiger partial charge is 0.191 e. The topological polar surface area (TPSA) is 65.4 Å². The Morgan fingerprint density at radius 1 is 1.46 bits per heavy atom. The molecule has 0 aliphatic carbocycles. The fourth-order valence-electron chi connectivity index (χ4n) is 2.87. The molecule has 1 atom stereocenters. The molecule has 6 nitrogen and oxygen atoms in total. The number of nitrogens with one attached hydrogen (secondary N) is 2. The van der Waals surface area contributed by atoms with Gasteiger partial charge < -0.3 is 15.5 Å². The number of aromatic nitrogens is 2. The highest BCUT2D eigenvalue weighted by Gasteiger charge is 2.25. The molecule has 1 aliphatic heterocycles. The van der Waals surface area contributed by atoms with Crippen LogP contribution >= 0.6 is 35.3 Å². The fraction of sp³-hybridized carbons (Fsp3) is 0.471. The summed E-state index contributed by atoms with van der Waals surface area (Å²) < 4.78 is 13.9. The van der Waals surface area contributed by atoms with Crippen molar-refractivity contribution in [2.24, 2.45) is 4.99 Å². The van der Waals surface area contributed by atoms with Gasteiger partial charge in [0.1, 0.15) is 0 Å². The van der Waals surface area contributed by atoms with Crippen LogP contribution < -0.4 is 15.5 Å². The van der Waals surface area contributed by atoms with Crippen molar-refractivity contribution in [2.75, 3.05) is 31.6 Å². The van der Waals surface area contributed by atoms with Gasteiger partial charge in [0.05, 0.1) is 5.01 Å².